The van der Waals surface area contributed by atoms with Crippen molar-refractivity contribution in [3.05, 3.63) is 35.4 Å². The Morgan fingerprint density at radius 3 is 2.12 bits per heavy atom. The van der Waals surface area contributed by atoms with Crippen molar-refractivity contribution in [2.45, 2.75) is 45.8 Å². The van der Waals surface area contributed by atoms with Gasteiger partial charge in [0, 0.05) is 13.1 Å². The SMILES string of the molecule is CC(O)CN(C)Cc1ccc(C(C)(C)C)cc1. The largest absolute Gasteiger partial charge is 0.392 e. The maximum Gasteiger partial charge on any atom is 0.0639 e. The van der Waals surface area contributed by atoms with E-state index in [1.54, 1.807) is 0 Å². The molecule has 1 N–H and O–H groups in total. The lowest BCUT2D eigenvalue weighted by molar-refractivity contribution is 0.138. The van der Waals surface area contributed by atoms with Gasteiger partial charge in [-0.25, -0.2) is 0 Å². The van der Waals surface area contributed by atoms with Crippen molar-refractivity contribution in [2.75, 3.05) is 13.6 Å². The third-order valence-corrected chi connectivity index (χ3v) is 2.85. The highest BCUT2D eigenvalue weighted by Crippen LogP contribution is 2.22. The standard InChI is InChI=1S/C15H25NO/c1-12(17)10-16(5)11-13-6-8-14(9-7-13)15(2,3)4/h6-9,12,17H,10-11H2,1-5H3. The van der Waals surface area contributed by atoms with Gasteiger partial charge >= 0.3 is 0 Å². The molecule has 0 amide bonds. The van der Waals surface area contributed by atoms with Gasteiger partial charge in [-0.05, 0) is 30.5 Å². The van der Waals surface area contributed by atoms with E-state index < -0.39 is 0 Å². The fourth-order valence-electron chi connectivity index (χ4n) is 1.94. The summed E-state index contributed by atoms with van der Waals surface area (Å²) in [6.45, 7) is 10.1. The van der Waals surface area contributed by atoms with E-state index in [1.807, 2.05) is 14.0 Å². The van der Waals surface area contributed by atoms with Crippen molar-refractivity contribution in [2.24, 2.45) is 0 Å². The Labute approximate surface area is 105 Å². The van der Waals surface area contributed by atoms with Gasteiger partial charge in [0.05, 0.1) is 6.10 Å². The maximum absolute atomic E-state index is 9.31. The number of benzene rings is 1. The zero-order valence-corrected chi connectivity index (χ0v) is 11.7. The van der Waals surface area contributed by atoms with Crippen LogP contribution in [-0.4, -0.2) is 29.7 Å². The molecule has 0 fully saturated rings. The van der Waals surface area contributed by atoms with E-state index in [4.69, 9.17) is 0 Å². The van der Waals surface area contributed by atoms with Crippen LogP contribution < -0.4 is 0 Å². The number of hydrogen-bond acceptors (Lipinski definition) is 2. The first-order valence-electron chi connectivity index (χ1n) is 6.25. The Morgan fingerprint density at radius 2 is 1.71 bits per heavy atom. The molecule has 0 saturated heterocycles. The van der Waals surface area contributed by atoms with E-state index in [9.17, 15) is 5.11 Å². The average molecular weight is 235 g/mol. The van der Waals surface area contributed by atoms with Crippen LogP contribution in [0, 0.1) is 0 Å². The Hall–Kier alpha value is -0.860. The molecule has 0 spiro atoms. The van der Waals surface area contributed by atoms with Gasteiger partial charge in [-0.2, -0.15) is 0 Å². The summed E-state index contributed by atoms with van der Waals surface area (Å²) in [6, 6.07) is 8.76. The molecule has 1 unspecified atom stereocenters. The summed E-state index contributed by atoms with van der Waals surface area (Å²) in [5.41, 5.74) is 2.87. The van der Waals surface area contributed by atoms with Gasteiger partial charge in [-0.1, -0.05) is 45.0 Å². The minimum Gasteiger partial charge on any atom is -0.392 e. The Balaban J connectivity index is 2.63. The van der Waals surface area contributed by atoms with Gasteiger partial charge in [0.25, 0.3) is 0 Å². The van der Waals surface area contributed by atoms with Crippen molar-refractivity contribution in [1.82, 2.24) is 4.90 Å². The quantitative estimate of drug-likeness (QED) is 0.867. The maximum atomic E-state index is 9.31. The van der Waals surface area contributed by atoms with E-state index in [2.05, 4.69) is 49.9 Å². The molecule has 2 heteroatoms. The molecule has 0 aromatic heterocycles. The van der Waals surface area contributed by atoms with Crippen molar-refractivity contribution in [3.8, 4) is 0 Å². The highest BCUT2D eigenvalue weighted by atomic mass is 16.3. The summed E-state index contributed by atoms with van der Waals surface area (Å²) in [6.07, 6.45) is -0.270. The molecule has 17 heavy (non-hydrogen) atoms. The molecule has 0 radical (unpaired) electrons. The predicted molar refractivity (Wildman–Crippen MR) is 73.2 cm³/mol. The zero-order valence-electron chi connectivity index (χ0n) is 11.7. The second kappa shape index (κ2) is 5.65. The highest BCUT2D eigenvalue weighted by molar-refractivity contribution is 5.27. The molecule has 1 aromatic carbocycles. The topological polar surface area (TPSA) is 23.5 Å². The van der Waals surface area contributed by atoms with Gasteiger partial charge in [-0.3, -0.25) is 4.90 Å². The lowest BCUT2D eigenvalue weighted by atomic mass is 9.87. The molecule has 0 aliphatic rings. The minimum atomic E-state index is -0.270. The van der Waals surface area contributed by atoms with Crippen LogP contribution in [0.1, 0.15) is 38.8 Å². The number of aliphatic hydroxyl groups is 1. The van der Waals surface area contributed by atoms with Crippen molar-refractivity contribution >= 4 is 0 Å². The lowest BCUT2D eigenvalue weighted by Crippen LogP contribution is -2.26. The molecule has 0 saturated carbocycles. The molecule has 0 heterocycles. The molecule has 1 aromatic rings. The summed E-state index contributed by atoms with van der Waals surface area (Å²) in [5.74, 6) is 0. The lowest BCUT2D eigenvalue weighted by Gasteiger charge is -2.21. The van der Waals surface area contributed by atoms with Gasteiger partial charge in [0.1, 0.15) is 0 Å². The van der Waals surface area contributed by atoms with Gasteiger partial charge < -0.3 is 5.11 Å². The Morgan fingerprint density at radius 1 is 1.18 bits per heavy atom. The number of nitrogens with zero attached hydrogens (tertiary/aromatic N) is 1. The van der Waals surface area contributed by atoms with Gasteiger partial charge in [0.2, 0.25) is 0 Å². The van der Waals surface area contributed by atoms with Crippen LogP contribution in [0.5, 0.6) is 0 Å². The fraction of sp³-hybridized carbons (Fsp3) is 0.600. The number of hydrogen-bond donors (Lipinski definition) is 1. The molecule has 1 atom stereocenters. The second-order valence-corrected chi connectivity index (χ2v) is 5.99. The van der Waals surface area contributed by atoms with Crippen molar-refractivity contribution < 1.29 is 5.11 Å². The molecule has 1 rings (SSSR count). The van der Waals surface area contributed by atoms with E-state index in [1.165, 1.54) is 11.1 Å². The molecular formula is C15H25NO. The van der Waals surface area contributed by atoms with Crippen LogP contribution in [0.4, 0.5) is 0 Å². The highest BCUT2D eigenvalue weighted by Gasteiger charge is 2.13. The molecule has 2 nitrogen and oxygen atoms in total. The van der Waals surface area contributed by atoms with Crippen molar-refractivity contribution in [3.63, 3.8) is 0 Å². The molecule has 96 valence electrons. The van der Waals surface area contributed by atoms with E-state index >= 15 is 0 Å². The fourth-order valence-corrected chi connectivity index (χ4v) is 1.94. The normalized spacial score (nSPS) is 14.1. The van der Waals surface area contributed by atoms with Crippen molar-refractivity contribution in [1.29, 1.82) is 0 Å². The van der Waals surface area contributed by atoms with Crippen LogP contribution in [0.3, 0.4) is 0 Å². The first kappa shape index (κ1) is 14.2. The molecule has 0 aliphatic heterocycles. The third-order valence-electron chi connectivity index (χ3n) is 2.85. The van der Waals surface area contributed by atoms with Gasteiger partial charge in [0.15, 0.2) is 0 Å². The van der Waals surface area contributed by atoms with E-state index in [-0.39, 0.29) is 11.5 Å². The van der Waals surface area contributed by atoms with Crippen LogP contribution in [0.15, 0.2) is 24.3 Å². The van der Waals surface area contributed by atoms with Gasteiger partial charge in [-0.15, -0.1) is 0 Å². The summed E-state index contributed by atoms with van der Waals surface area (Å²) in [4.78, 5) is 2.14. The number of rotatable bonds is 4. The van der Waals surface area contributed by atoms with Crippen LogP contribution in [0.25, 0.3) is 0 Å². The summed E-state index contributed by atoms with van der Waals surface area (Å²) in [5, 5.41) is 9.31. The smallest absolute Gasteiger partial charge is 0.0639 e. The zero-order chi connectivity index (χ0) is 13.1. The van der Waals surface area contributed by atoms with Crippen LogP contribution in [-0.2, 0) is 12.0 Å². The monoisotopic (exact) mass is 235 g/mol. The Bertz CT molecular complexity index is 335. The number of aliphatic hydroxyl groups excluding tert-OH is 1. The first-order valence-corrected chi connectivity index (χ1v) is 6.25. The van der Waals surface area contributed by atoms with Crippen LogP contribution >= 0.6 is 0 Å². The van der Waals surface area contributed by atoms with Crippen LogP contribution in [0.2, 0.25) is 0 Å². The summed E-state index contributed by atoms with van der Waals surface area (Å²) in [7, 11) is 2.03. The average Bonchev–Trinajstić information content (AvgIpc) is 2.15. The minimum absolute atomic E-state index is 0.212. The second-order valence-electron chi connectivity index (χ2n) is 5.99. The summed E-state index contributed by atoms with van der Waals surface area (Å²) < 4.78 is 0. The molecule has 0 bridgehead atoms. The number of likely N-dealkylation sites (N-methyl/N-ethyl adjacent to an activating group) is 1. The summed E-state index contributed by atoms with van der Waals surface area (Å²) >= 11 is 0. The first-order chi connectivity index (χ1) is 7.79. The van der Waals surface area contributed by atoms with E-state index in [0.717, 1.165) is 6.54 Å². The predicted octanol–water partition coefficient (Wildman–Crippen LogP) is 2.80. The Kier molecular flexibility index (Phi) is 4.72. The molecule has 0 aliphatic carbocycles. The molecular weight excluding hydrogens is 210 g/mol. The van der Waals surface area contributed by atoms with E-state index in [0.29, 0.717) is 6.54 Å². The third kappa shape index (κ3) is 4.88.